The van der Waals surface area contributed by atoms with E-state index >= 15 is 0 Å². The number of hydrogen-bond acceptors (Lipinski definition) is 5. The fourth-order valence-corrected chi connectivity index (χ4v) is 3.03. The largest absolute Gasteiger partial charge is 0.481 e. The van der Waals surface area contributed by atoms with Crippen molar-refractivity contribution in [2.75, 3.05) is 23.3 Å². The van der Waals surface area contributed by atoms with Crippen LogP contribution >= 0.6 is 23.2 Å². The first-order valence-electron chi connectivity index (χ1n) is 7.55. The van der Waals surface area contributed by atoms with Crippen molar-refractivity contribution in [3.8, 4) is 0 Å². The van der Waals surface area contributed by atoms with Crippen molar-refractivity contribution in [2.45, 2.75) is 12.8 Å². The molecule has 0 unspecified atom stereocenters. The second kappa shape index (κ2) is 7.23. The van der Waals surface area contributed by atoms with Crippen molar-refractivity contribution >= 4 is 46.5 Å². The number of aromatic nitrogens is 2. The number of hydrogen-bond donors (Lipinski definition) is 2. The molecule has 0 bridgehead atoms. The van der Waals surface area contributed by atoms with Crippen molar-refractivity contribution < 1.29 is 9.90 Å². The van der Waals surface area contributed by atoms with Crippen LogP contribution in [0.15, 0.2) is 30.6 Å². The summed E-state index contributed by atoms with van der Waals surface area (Å²) < 4.78 is 0. The second-order valence-electron chi connectivity index (χ2n) is 5.59. The average Bonchev–Trinajstić information content (AvgIpc) is 2.59. The Labute approximate surface area is 149 Å². The monoisotopic (exact) mass is 366 g/mol. The van der Waals surface area contributed by atoms with Crippen LogP contribution in [0.2, 0.25) is 10.0 Å². The van der Waals surface area contributed by atoms with E-state index in [4.69, 9.17) is 28.3 Å². The zero-order chi connectivity index (χ0) is 17.1. The smallest absolute Gasteiger partial charge is 0.306 e. The van der Waals surface area contributed by atoms with Gasteiger partial charge in [-0.3, -0.25) is 4.79 Å². The summed E-state index contributed by atoms with van der Waals surface area (Å²) in [6.07, 6.45) is 2.70. The van der Waals surface area contributed by atoms with Gasteiger partial charge in [0.05, 0.1) is 21.7 Å². The third-order valence-electron chi connectivity index (χ3n) is 4.04. The van der Waals surface area contributed by atoms with E-state index in [2.05, 4.69) is 20.2 Å². The predicted molar refractivity (Wildman–Crippen MR) is 94.3 cm³/mol. The highest BCUT2D eigenvalue weighted by Crippen LogP contribution is 2.32. The van der Waals surface area contributed by atoms with Crippen LogP contribution in [0.4, 0.5) is 17.3 Å². The van der Waals surface area contributed by atoms with Crippen LogP contribution in [-0.4, -0.2) is 34.1 Å². The lowest BCUT2D eigenvalue weighted by Crippen LogP contribution is -2.36. The van der Waals surface area contributed by atoms with Crippen LogP contribution in [0.5, 0.6) is 0 Å². The Kier molecular flexibility index (Phi) is 5.06. The molecule has 1 aromatic carbocycles. The number of rotatable bonds is 4. The topological polar surface area (TPSA) is 78.4 Å². The van der Waals surface area contributed by atoms with Gasteiger partial charge in [0.1, 0.15) is 18.0 Å². The molecule has 0 atom stereocenters. The minimum absolute atomic E-state index is 0.272. The van der Waals surface area contributed by atoms with Crippen molar-refractivity contribution in [2.24, 2.45) is 5.92 Å². The lowest BCUT2D eigenvalue weighted by molar-refractivity contribution is -0.142. The van der Waals surface area contributed by atoms with E-state index in [1.165, 1.54) is 6.33 Å². The van der Waals surface area contributed by atoms with Crippen LogP contribution in [0.25, 0.3) is 0 Å². The van der Waals surface area contributed by atoms with Crippen LogP contribution in [-0.2, 0) is 4.79 Å². The fraction of sp³-hybridized carbons (Fsp3) is 0.312. The van der Waals surface area contributed by atoms with E-state index in [0.717, 1.165) is 5.82 Å². The van der Waals surface area contributed by atoms with Crippen LogP contribution in [0.3, 0.4) is 0 Å². The summed E-state index contributed by atoms with van der Waals surface area (Å²) in [5, 5.41) is 13.1. The van der Waals surface area contributed by atoms with Crippen molar-refractivity contribution in [3.63, 3.8) is 0 Å². The molecule has 0 saturated carbocycles. The molecule has 24 heavy (non-hydrogen) atoms. The molecule has 1 saturated heterocycles. The third-order valence-corrected chi connectivity index (χ3v) is 4.85. The third kappa shape index (κ3) is 3.71. The number of carboxylic acid groups (broad SMARTS) is 1. The molecule has 1 aliphatic heterocycles. The van der Waals surface area contributed by atoms with Gasteiger partial charge in [-0.05, 0) is 25.0 Å². The van der Waals surface area contributed by atoms with E-state index in [9.17, 15) is 4.79 Å². The van der Waals surface area contributed by atoms with Gasteiger partial charge in [0.2, 0.25) is 0 Å². The molecule has 0 aliphatic carbocycles. The lowest BCUT2D eigenvalue weighted by Gasteiger charge is -2.31. The average molecular weight is 367 g/mol. The molecule has 0 spiro atoms. The van der Waals surface area contributed by atoms with Crippen LogP contribution in [0.1, 0.15) is 12.8 Å². The van der Waals surface area contributed by atoms with Gasteiger partial charge in [0, 0.05) is 19.2 Å². The lowest BCUT2D eigenvalue weighted by atomic mass is 9.97. The van der Waals surface area contributed by atoms with Gasteiger partial charge in [-0.15, -0.1) is 0 Å². The molecule has 0 radical (unpaired) electrons. The summed E-state index contributed by atoms with van der Waals surface area (Å²) in [6, 6.07) is 7.15. The molecular weight excluding hydrogens is 351 g/mol. The van der Waals surface area contributed by atoms with E-state index in [0.29, 0.717) is 47.5 Å². The van der Waals surface area contributed by atoms with Crippen LogP contribution < -0.4 is 10.2 Å². The maximum absolute atomic E-state index is 11.0. The van der Waals surface area contributed by atoms with E-state index in [1.807, 2.05) is 12.1 Å². The molecule has 126 valence electrons. The van der Waals surface area contributed by atoms with Gasteiger partial charge in [0.15, 0.2) is 0 Å². The number of carbonyl (C=O) groups is 1. The standard InChI is InChI=1S/C16H16Cl2N4O2/c17-11-2-1-3-12(15(11)18)21-13-8-14(20-9-19-13)22-6-4-10(5-7-22)16(23)24/h1-3,8-10H,4-7H2,(H,23,24)(H,19,20,21). The van der Waals surface area contributed by atoms with Crippen molar-refractivity contribution in [3.05, 3.63) is 40.6 Å². The number of piperidine rings is 1. The second-order valence-corrected chi connectivity index (χ2v) is 6.37. The van der Waals surface area contributed by atoms with Gasteiger partial charge < -0.3 is 15.3 Å². The normalized spacial score (nSPS) is 15.3. The molecule has 1 aliphatic rings. The summed E-state index contributed by atoms with van der Waals surface area (Å²) in [5.74, 6) is 0.361. The molecule has 2 N–H and O–H groups in total. The molecule has 0 amide bonds. The highest BCUT2D eigenvalue weighted by atomic mass is 35.5. The minimum atomic E-state index is -0.727. The molecule has 8 heteroatoms. The van der Waals surface area contributed by atoms with Gasteiger partial charge >= 0.3 is 5.97 Å². The Bertz CT molecular complexity index is 749. The number of carboxylic acids is 1. The van der Waals surface area contributed by atoms with Crippen molar-refractivity contribution in [1.82, 2.24) is 9.97 Å². The first-order chi connectivity index (χ1) is 11.5. The molecule has 1 aromatic heterocycles. The molecule has 6 nitrogen and oxygen atoms in total. The quantitative estimate of drug-likeness (QED) is 0.855. The molecule has 1 fully saturated rings. The first kappa shape index (κ1) is 16.8. The summed E-state index contributed by atoms with van der Waals surface area (Å²) in [7, 11) is 0. The molecule has 2 aromatic rings. The Balaban J connectivity index is 1.73. The van der Waals surface area contributed by atoms with E-state index in [-0.39, 0.29) is 5.92 Å². The number of anilines is 3. The zero-order valence-electron chi connectivity index (χ0n) is 12.7. The summed E-state index contributed by atoms with van der Waals surface area (Å²) in [4.78, 5) is 21.6. The first-order valence-corrected chi connectivity index (χ1v) is 8.31. The molecule has 2 heterocycles. The fourth-order valence-electron chi connectivity index (χ4n) is 2.68. The van der Waals surface area contributed by atoms with Gasteiger partial charge in [-0.25, -0.2) is 9.97 Å². The van der Waals surface area contributed by atoms with Gasteiger partial charge in [-0.2, -0.15) is 0 Å². The summed E-state index contributed by atoms with van der Waals surface area (Å²) in [6.45, 7) is 1.32. The number of nitrogens with one attached hydrogen (secondary N) is 1. The van der Waals surface area contributed by atoms with Crippen LogP contribution in [0, 0.1) is 5.92 Å². The van der Waals surface area contributed by atoms with Crippen molar-refractivity contribution in [1.29, 1.82) is 0 Å². The summed E-state index contributed by atoms with van der Waals surface area (Å²) >= 11 is 12.2. The number of benzene rings is 1. The summed E-state index contributed by atoms with van der Waals surface area (Å²) in [5.41, 5.74) is 0.665. The number of halogens is 2. The Morgan fingerprint density at radius 2 is 2.00 bits per heavy atom. The Hall–Kier alpha value is -2.05. The molecular formula is C16H16Cl2N4O2. The maximum Gasteiger partial charge on any atom is 0.306 e. The minimum Gasteiger partial charge on any atom is -0.481 e. The van der Waals surface area contributed by atoms with E-state index in [1.54, 1.807) is 12.1 Å². The predicted octanol–water partition coefficient (Wildman–Crippen LogP) is 3.83. The highest BCUT2D eigenvalue weighted by molar-refractivity contribution is 6.43. The Morgan fingerprint density at radius 3 is 2.71 bits per heavy atom. The maximum atomic E-state index is 11.0. The van der Waals surface area contributed by atoms with Gasteiger partial charge in [-0.1, -0.05) is 29.3 Å². The molecule has 3 rings (SSSR count). The van der Waals surface area contributed by atoms with Gasteiger partial charge in [0.25, 0.3) is 0 Å². The number of aliphatic carboxylic acids is 1. The van der Waals surface area contributed by atoms with E-state index < -0.39 is 5.97 Å². The Morgan fingerprint density at radius 1 is 1.25 bits per heavy atom. The zero-order valence-corrected chi connectivity index (χ0v) is 14.3. The SMILES string of the molecule is O=C(O)C1CCN(c2cc(Nc3cccc(Cl)c3Cl)ncn2)CC1. The number of nitrogens with zero attached hydrogens (tertiary/aromatic N) is 3. The highest BCUT2D eigenvalue weighted by Gasteiger charge is 2.25.